The SMILES string of the molecule is OC(CNCCn1ccnc1)c1ccc(F)c(F)c1. The lowest BCUT2D eigenvalue weighted by Crippen LogP contribution is -2.25. The number of hydrogen-bond acceptors (Lipinski definition) is 3. The van der Waals surface area contributed by atoms with Crippen LogP contribution in [0.25, 0.3) is 0 Å². The average molecular weight is 267 g/mol. The molecule has 1 atom stereocenters. The highest BCUT2D eigenvalue weighted by Gasteiger charge is 2.10. The average Bonchev–Trinajstić information content (AvgIpc) is 2.91. The number of hydrogen-bond donors (Lipinski definition) is 2. The Labute approximate surface area is 109 Å². The molecule has 1 aromatic carbocycles. The fourth-order valence-electron chi connectivity index (χ4n) is 1.70. The maximum Gasteiger partial charge on any atom is 0.159 e. The summed E-state index contributed by atoms with van der Waals surface area (Å²) in [5.41, 5.74) is 0.356. The predicted octanol–water partition coefficient (Wildman–Crippen LogP) is 1.48. The van der Waals surface area contributed by atoms with E-state index in [2.05, 4.69) is 10.3 Å². The molecule has 0 fully saturated rings. The summed E-state index contributed by atoms with van der Waals surface area (Å²) in [6, 6.07) is 3.40. The van der Waals surface area contributed by atoms with Crippen molar-refractivity contribution in [2.24, 2.45) is 0 Å². The second kappa shape index (κ2) is 6.40. The molecule has 6 heteroatoms. The van der Waals surface area contributed by atoms with Crippen LogP contribution in [0.1, 0.15) is 11.7 Å². The van der Waals surface area contributed by atoms with Gasteiger partial charge in [-0.15, -0.1) is 0 Å². The fourth-order valence-corrected chi connectivity index (χ4v) is 1.70. The minimum atomic E-state index is -0.949. The maximum absolute atomic E-state index is 13.0. The second-order valence-corrected chi connectivity index (χ2v) is 4.19. The smallest absolute Gasteiger partial charge is 0.159 e. The molecule has 2 rings (SSSR count). The predicted molar refractivity (Wildman–Crippen MR) is 66.4 cm³/mol. The highest BCUT2D eigenvalue weighted by Crippen LogP contribution is 2.15. The van der Waals surface area contributed by atoms with Crippen LogP contribution < -0.4 is 5.32 Å². The zero-order valence-electron chi connectivity index (χ0n) is 10.3. The van der Waals surface area contributed by atoms with Crippen LogP contribution in [0.4, 0.5) is 8.78 Å². The number of nitrogens with one attached hydrogen (secondary N) is 1. The third-order valence-corrected chi connectivity index (χ3v) is 2.77. The highest BCUT2D eigenvalue weighted by molar-refractivity contribution is 5.20. The van der Waals surface area contributed by atoms with Crippen LogP contribution >= 0.6 is 0 Å². The van der Waals surface area contributed by atoms with Crippen LogP contribution in [0, 0.1) is 11.6 Å². The standard InChI is InChI=1S/C13H15F2N3O/c14-11-2-1-10(7-12(11)15)13(19)8-16-3-5-18-6-4-17-9-18/h1-2,4,6-7,9,13,16,19H,3,5,8H2. The van der Waals surface area contributed by atoms with E-state index < -0.39 is 17.7 Å². The van der Waals surface area contributed by atoms with Gasteiger partial charge in [-0.2, -0.15) is 0 Å². The molecule has 0 saturated carbocycles. The summed E-state index contributed by atoms with van der Waals surface area (Å²) in [7, 11) is 0. The van der Waals surface area contributed by atoms with Gasteiger partial charge in [-0.05, 0) is 17.7 Å². The van der Waals surface area contributed by atoms with Crippen LogP contribution in [-0.4, -0.2) is 27.7 Å². The van der Waals surface area contributed by atoms with Gasteiger partial charge in [0.15, 0.2) is 11.6 Å². The minimum absolute atomic E-state index is 0.278. The van der Waals surface area contributed by atoms with Crippen molar-refractivity contribution in [2.45, 2.75) is 12.6 Å². The quantitative estimate of drug-likeness (QED) is 0.780. The summed E-state index contributed by atoms with van der Waals surface area (Å²) in [5, 5.41) is 12.9. The van der Waals surface area contributed by atoms with E-state index in [4.69, 9.17) is 0 Å². The molecule has 0 amide bonds. The first-order chi connectivity index (χ1) is 9.16. The van der Waals surface area contributed by atoms with Crippen LogP contribution in [0.3, 0.4) is 0 Å². The number of aliphatic hydroxyl groups is 1. The Balaban J connectivity index is 1.77. The molecule has 19 heavy (non-hydrogen) atoms. The van der Waals surface area contributed by atoms with E-state index >= 15 is 0 Å². The Hall–Kier alpha value is -1.79. The van der Waals surface area contributed by atoms with Gasteiger partial charge in [0, 0.05) is 32.0 Å². The third kappa shape index (κ3) is 3.84. The first kappa shape index (κ1) is 13.6. The molecule has 0 spiro atoms. The number of aromatic nitrogens is 2. The van der Waals surface area contributed by atoms with Gasteiger partial charge in [-0.1, -0.05) is 6.07 Å². The van der Waals surface area contributed by atoms with Crippen molar-refractivity contribution >= 4 is 0 Å². The molecule has 0 aliphatic heterocycles. The number of nitrogens with zero attached hydrogens (tertiary/aromatic N) is 2. The Morgan fingerprint density at radius 1 is 1.32 bits per heavy atom. The minimum Gasteiger partial charge on any atom is -0.387 e. The van der Waals surface area contributed by atoms with Crippen LogP contribution in [-0.2, 0) is 6.54 Å². The van der Waals surface area contributed by atoms with Crippen molar-refractivity contribution in [3.05, 3.63) is 54.1 Å². The van der Waals surface area contributed by atoms with Crippen molar-refractivity contribution in [2.75, 3.05) is 13.1 Å². The Morgan fingerprint density at radius 2 is 2.16 bits per heavy atom. The zero-order valence-corrected chi connectivity index (χ0v) is 10.3. The van der Waals surface area contributed by atoms with E-state index in [0.29, 0.717) is 12.1 Å². The first-order valence-electron chi connectivity index (χ1n) is 5.96. The van der Waals surface area contributed by atoms with Gasteiger partial charge in [0.05, 0.1) is 12.4 Å². The van der Waals surface area contributed by atoms with Crippen molar-refractivity contribution in [1.82, 2.24) is 14.9 Å². The Kier molecular flexibility index (Phi) is 4.59. The first-order valence-corrected chi connectivity index (χ1v) is 5.96. The molecule has 1 unspecified atom stereocenters. The van der Waals surface area contributed by atoms with E-state index in [1.54, 1.807) is 12.5 Å². The lowest BCUT2D eigenvalue weighted by atomic mass is 10.1. The summed E-state index contributed by atoms with van der Waals surface area (Å²) in [6.45, 7) is 1.65. The van der Waals surface area contributed by atoms with Gasteiger partial charge in [-0.3, -0.25) is 0 Å². The van der Waals surface area contributed by atoms with Crippen molar-refractivity contribution in [3.63, 3.8) is 0 Å². The van der Waals surface area contributed by atoms with Crippen LogP contribution in [0.2, 0.25) is 0 Å². The van der Waals surface area contributed by atoms with E-state index in [9.17, 15) is 13.9 Å². The molecule has 2 aromatic rings. The van der Waals surface area contributed by atoms with Gasteiger partial charge >= 0.3 is 0 Å². The molecule has 0 aliphatic carbocycles. The van der Waals surface area contributed by atoms with Crippen LogP contribution in [0.5, 0.6) is 0 Å². The van der Waals surface area contributed by atoms with Crippen molar-refractivity contribution in [1.29, 1.82) is 0 Å². The number of rotatable bonds is 6. The topological polar surface area (TPSA) is 50.1 Å². The summed E-state index contributed by atoms with van der Waals surface area (Å²) in [6.07, 6.45) is 4.37. The summed E-state index contributed by atoms with van der Waals surface area (Å²) >= 11 is 0. The number of aliphatic hydroxyl groups excluding tert-OH is 1. The van der Waals surface area contributed by atoms with Crippen molar-refractivity contribution in [3.8, 4) is 0 Å². The summed E-state index contributed by atoms with van der Waals surface area (Å²) in [5.74, 6) is -1.86. The van der Waals surface area contributed by atoms with Gasteiger partial charge in [-0.25, -0.2) is 13.8 Å². The molecule has 1 heterocycles. The molecule has 102 valence electrons. The molecule has 1 aromatic heterocycles. The molecule has 0 saturated heterocycles. The molecular formula is C13H15F2N3O. The fraction of sp³-hybridized carbons (Fsp3) is 0.308. The summed E-state index contributed by atoms with van der Waals surface area (Å²) < 4.78 is 27.6. The van der Waals surface area contributed by atoms with Gasteiger partial charge in [0.25, 0.3) is 0 Å². The van der Waals surface area contributed by atoms with E-state index in [0.717, 1.165) is 18.7 Å². The summed E-state index contributed by atoms with van der Waals surface area (Å²) in [4.78, 5) is 3.91. The lowest BCUT2D eigenvalue weighted by Gasteiger charge is -2.12. The molecule has 0 radical (unpaired) electrons. The van der Waals surface area contributed by atoms with Gasteiger partial charge in [0.1, 0.15) is 0 Å². The van der Waals surface area contributed by atoms with E-state index in [1.807, 2.05) is 10.8 Å². The van der Waals surface area contributed by atoms with Crippen molar-refractivity contribution < 1.29 is 13.9 Å². The van der Waals surface area contributed by atoms with Crippen LogP contribution in [0.15, 0.2) is 36.9 Å². The zero-order chi connectivity index (χ0) is 13.7. The normalized spacial score (nSPS) is 12.6. The maximum atomic E-state index is 13.0. The highest BCUT2D eigenvalue weighted by atomic mass is 19.2. The van der Waals surface area contributed by atoms with Gasteiger partial charge in [0.2, 0.25) is 0 Å². The van der Waals surface area contributed by atoms with E-state index in [1.165, 1.54) is 6.07 Å². The number of benzene rings is 1. The monoisotopic (exact) mass is 267 g/mol. The van der Waals surface area contributed by atoms with Gasteiger partial charge < -0.3 is 15.0 Å². The Morgan fingerprint density at radius 3 is 2.84 bits per heavy atom. The molecular weight excluding hydrogens is 252 g/mol. The Bertz CT molecular complexity index is 517. The lowest BCUT2D eigenvalue weighted by molar-refractivity contribution is 0.174. The number of halogens is 2. The second-order valence-electron chi connectivity index (χ2n) is 4.19. The largest absolute Gasteiger partial charge is 0.387 e. The number of imidazole rings is 1. The third-order valence-electron chi connectivity index (χ3n) is 2.77. The molecule has 4 nitrogen and oxygen atoms in total. The molecule has 0 aliphatic rings. The molecule has 0 bridgehead atoms. The van der Waals surface area contributed by atoms with E-state index in [-0.39, 0.29) is 6.54 Å². The molecule has 2 N–H and O–H groups in total.